The summed E-state index contributed by atoms with van der Waals surface area (Å²) in [5.74, 6) is 1.11. The Morgan fingerprint density at radius 3 is 2.63 bits per heavy atom. The average molecular weight is 261 g/mol. The fourth-order valence-electron chi connectivity index (χ4n) is 1.98. The summed E-state index contributed by atoms with van der Waals surface area (Å²) >= 11 is 0. The minimum Gasteiger partial charge on any atom is -0.497 e. The number of hydrogen-bond acceptors (Lipinski definition) is 4. The lowest BCUT2D eigenvalue weighted by atomic mass is 10.1. The molecule has 0 atom stereocenters. The van der Waals surface area contributed by atoms with Gasteiger partial charge in [0.2, 0.25) is 0 Å². The van der Waals surface area contributed by atoms with Gasteiger partial charge in [0.15, 0.2) is 0 Å². The second-order valence-corrected chi connectivity index (χ2v) is 4.48. The molecular weight excluding hydrogens is 242 g/mol. The molecule has 4 nitrogen and oxygen atoms in total. The summed E-state index contributed by atoms with van der Waals surface area (Å²) in [6.45, 7) is 1.91. The first-order chi connectivity index (χ1) is 9.28. The van der Waals surface area contributed by atoms with E-state index in [0.29, 0.717) is 12.2 Å². The average Bonchev–Trinajstić information content (AvgIpc) is 2.47. The molecular formula is C15H19NO3. The third-order valence-corrected chi connectivity index (χ3v) is 3.05. The Kier molecular flexibility index (Phi) is 4.98. The van der Waals surface area contributed by atoms with Gasteiger partial charge in [-0.3, -0.25) is 4.79 Å². The highest BCUT2D eigenvalue weighted by molar-refractivity contribution is 5.72. The van der Waals surface area contributed by atoms with Gasteiger partial charge in [0.1, 0.15) is 11.5 Å². The summed E-state index contributed by atoms with van der Waals surface area (Å²) in [5.41, 5.74) is 1.29. The zero-order valence-electron chi connectivity index (χ0n) is 11.1. The Hall–Kier alpha value is -1.81. The molecule has 1 heterocycles. The molecule has 0 unspecified atom stereocenters. The molecule has 1 N–H and O–H groups in total. The third kappa shape index (κ3) is 4.41. The number of ether oxygens (including phenoxy) is 2. The van der Waals surface area contributed by atoms with Crippen LogP contribution >= 0.6 is 0 Å². The maximum absolute atomic E-state index is 11.7. The van der Waals surface area contributed by atoms with Crippen molar-refractivity contribution in [1.82, 2.24) is 5.32 Å². The van der Waals surface area contributed by atoms with E-state index in [4.69, 9.17) is 9.47 Å². The van der Waals surface area contributed by atoms with Crippen molar-refractivity contribution in [2.24, 2.45) is 0 Å². The van der Waals surface area contributed by atoms with Gasteiger partial charge in [-0.25, -0.2) is 0 Å². The molecule has 0 aliphatic carbocycles. The maximum Gasteiger partial charge on any atom is 0.311 e. The zero-order valence-corrected chi connectivity index (χ0v) is 11.1. The summed E-state index contributed by atoms with van der Waals surface area (Å²) in [7, 11) is 1.60. The SMILES string of the molecule is COc1ccc(OC(=O)CCC2=CCCNC2)cc1. The highest BCUT2D eigenvalue weighted by Gasteiger charge is 2.08. The van der Waals surface area contributed by atoms with Crippen molar-refractivity contribution >= 4 is 5.97 Å². The summed E-state index contributed by atoms with van der Waals surface area (Å²) < 4.78 is 10.3. The fourth-order valence-corrected chi connectivity index (χ4v) is 1.98. The summed E-state index contributed by atoms with van der Waals surface area (Å²) in [6.07, 6.45) is 4.43. The van der Waals surface area contributed by atoms with Gasteiger partial charge < -0.3 is 14.8 Å². The van der Waals surface area contributed by atoms with Gasteiger partial charge in [-0.15, -0.1) is 0 Å². The number of rotatable bonds is 5. The van der Waals surface area contributed by atoms with Crippen LogP contribution in [0.25, 0.3) is 0 Å². The number of hydrogen-bond donors (Lipinski definition) is 1. The summed E-state index contributed by atoms with van der Waals surface area (Å²) in [6, 6.07) is 7.02. The van der Waals surface area contributed by atoms with Crippen molar-refractivity contribution in [2.45, 2.75) is 19.3 Å². The summed E-state index contributed by atoms with van der Waals surface area (Å²) in [4.78, 5) is 11.7. The predicted molar refractivity (Wildman–Crippen MR) is 73.4 cm³/mol. The van der Waals surface area contributed by atoms with E-state index in [0.717, 1.165) is 31.7 Å². The molecule has 0 radical (unpaired) electrons. The van der Waals surface area contributed by atoms with E-state index in [-0.39, 0.29) is 5.97 Å². The molecule has 0 bridgehead atoms. The molecule has 0 amide bonds. The quantitative estimate of drug-likeness (QED) is 0.502. The van der Waals surface area contributed by atoms with E-state index in [2.05, 4.69) is 11.4 Å². The van der Waals surface area contributed by atoms with Crippen LogP contribution in [0.4, 0.5) is 0 Å². The Labute approximate surface area is 113 Å². The second kappa shape index (κ2) is 6.95. The Morgan fingerprint density at radius 1 is 1.26 bits per heavy atom. The van der Waals surface area contributed by atoms with Gasteiger partial charge in [-0.2, -0.15) is 0 Å². The van der Waals surface area contributed by atoms with Gasteiger partial charge in [0.25, 0.3) is 0 Å². The number of nitrogens with one attached hydrogen (secondary N) is 1. The molecule has 19 heavy (non-hydrogen) atoms. The minimum atomic E-state index is -0.198. The molecule has 0 saturated carbocycles. The van der Waals surface area contributed by atoms with Crippen LogP contribution in [0.1, 0.15) is 19.3 Å². The van der Waals surface area contributed by atoms with E-state index in [1.807, 2.05) is 0 Å². The van der Waals surface area contributed by atoms with Crippen molar-refractivity contribution in [3.63, 3.8) is 0 Å². The molecule has 0 spiro atoms. The zero-order chi connectivity index (χ0) is 13.5. The molecule has 0 aromatic heterocycles. The number of carbonyl (C=O) groups excluding carboxylic acids is 1. The Morgan fingerprint density at radius 2 is 2.00 bits per heavy atom. The lowest BCUT2D eigenvalue weighted by Gasteiger charge is -2.13. The van der Waals surface area contributed by atoms with Crippen molar-refractivity contribution in [1.29, 1.82) is 0 Å². The van der Waals surface area contributed by atoms with E-state index in [9.17, 15) is 4.79 Å². The Bertz CT molecular complexity index is 451. The number of carbonyl (C=O) groups is 1. The molecule has 0 fully saturated rings. The van der Waals surface area contributed by atoms with E-state index < -0.39 is 0 Å². The molecule has 4 heteroatoms. The van der Waals surface area contributed by atoms with Crippen molar-refractivity contribution in [2.75, 3.05) is 20.2 Å². The van der Waals surface area contributed by atoms with Crippen molar-refractivity contribution in [3.05, 3.63) is 35.9 Å². The molecule has 1 aliphatic heterocycles. The van der Waals surface area contributed by atoms with E-state index in [1.165, 1.54) is 5.57 Å². The molecule has 1 aliphatic rings. The third-order valence-electron chi connectivity index (χ3n) is 3.05. The predicted octanol–water partition coefficient (Wildman–Crippen LogP) is 2.30. The van der Waals surface area contributed by atoms with Gasteiger partial charge >= 0.3 is 5.97 Å². The van der Waals surface area contributed by atoms with Crippen LogP contribution in [0.5, 0.6) is 11.5 Å². The van der Waals surface area contributed by atoms with Gasteiger partial charge in [0.05, 0.1) is 7.11 Å². The molecule has 102 valence electrons. The number of esters is 1. The normalized spacial score (nSPS) is 14.7. The minimum absolute atomic E-state index is 0.198. The van der Waals surface area contributed by atoms with E-state index >= 15 is 0 Å². The largest absolute Gasteiger partial charge is 0.497 e. The summed E-state index contributed by atoms with van der Waals surface area (Å²) in [5, 5.41) is 3.29. The lowest BCUT2D eigenvalue weighted by molar-refractivity contribution is -0.134. The smallest absolute Gasteiger partial charge is 0.311 e. The van der Waals surface area contributed by atoms with Gasteiger partial charge in [-0.1, -0.05) is 11.6 Å². The first-order valence-electron chi connectivity index (χ1n) is 6.51. The fraction of sp³-hybridized carbons (Fsp3) is 0.400. The van der Waals surface area contributed by atoms with Crippen LogP contribution in [0.15, 0.2) is 35.9 Å². The van der Waals surface area contributed by atoms with Crippen LogP contribution in [-0.2, 0) is 4.79 Å². The Balaban J connectivity index is 1.78. The van der Waals surface area contributed by atoms with Crippen LogP contribution in [0.2, 0.25) is 0 Å². The standard InChI is InChI=1S/C15H19NO3/c1-18-13-5-7-14(8-6-13)19-15(17)9-4-12-3-2-10-16-11-12/h3,5-8,16H,2,4,9-11H2,1H3. The first-order valence-corrected chi connectivity index (χ1v) is 6.51. The maximum atomic E-state index is 11.7. The number of methoxy groups -OCH3 is 1. The molecule has 0 saturated heterocycles. The topological polar surface area (TPSA) is 47.6 Å². The van der Waals surface area contributed by atoms with Crippen molar-refractivity contribution < 1.29 is 14.3 Å². The molecule has 2 rings (SSSR count). The van der Waals surface area contributed by atoms with Crippen LogP contribution in [-0.4, -0.2) is 26.2 Å². The molecule has 1 aromatic carbocycles. The second-order valence-electron chi connectivity index (χ2n) is 4.48. The highest BCUT2D eigenvalue weighted by atomic mass is 16.5. The van der Waals surface area contributed by atoms with Crippen LogP contribution in [0, 0.1) is 0 Å². The van der Waals surface area contributed by atoms with Crippen LogP contribution < -0.4 is 14.8 Å². The number of benzene rings is 1. The monoisotopic (exact) mass is 261 g/mol. The molecule has 1 aromatic rings. The first kappa shape index (κ1) is 13.6. The van der Waals surface area contributed by atoms with Crippen LogP contribution in [0.3, 0.4) is 0 Å². The van der Waals surface area contributed by atoms with Gasteiger partial charge in [0, 0.05) is 13.0 Å². The highest BCUT2D eigenvalue weighted by Crippen LogP contribution is 2.18. The lowest BCUT2D eigenvalue weighted by Crippen LogP contribution is -2.22. The van der Waals surface area contributed by atoms with Gasteiger partial charge in [-0.05, 0) is 43.7 Å². The van der Waals surface area contributed by atoms with E-state index in [1.54, 1.807) is 31.4 Å². The van der Waals surface area contributed by atoms with Crippen molar-refractivity contribution in [3.8, 4) is 11.5 Å².